The van der Waals surface area contributed by atoms with Gasteiger partial charge in [-0.25, -0.2) is 0 Å². The Morgan fingerprint density at radius 2 is 1.27 bits per heavy atom. The van der Waals surface area contributed by atoms with Crippen LogP contribution in [-0.2, 0) is 0 Å². The van der Waals surface area contributed by atoms with Crippen LogP contribution in [0.2, 0.25) is 0 Å². The largest absolute Gasteiger partial charge is 0.496 e. The van der Waals surface area contributed by atoms with Crippen molar-refractivity contribution in [2.45, 2.75) is 27.7 Å². The van der Waals surface area contributed by atoms with Crippen LogP contribution in [0.15, 0.2) is 30.3 Å². The van der Waals surface area contributed by atoms with Gasteiger partial charge in [-0.2, -0.15) is 0 Å². The van der Waals surface area contributed by atoms with Crippen LogP contribution < -0.4 is 29.8 Å². The van der Waals surface area contributed by atoms with Crippen LogP contribution in [0.1, 0.15) is 47.1 Å². The molecular formula is C22H28N2O6. The molecule has 2 aromatic rings. The van der Waals surface area contributed by atoms with Crippen molar-refractivity contribution in [3.63, 3.8) is 0 Å². The van der Waals surface area contributed by atoms with E-state index in [1.165, 1.54) is 7.11 Å². The number of hydrogen-bond acceptors (Lipinski definition) is 6. The third-order valence-corrected chi connectivity index (χ3v) is 4.13. The molecule has 0 saturated heterocycles. The molecule has 0 bridgehead atoms. The minimum absolute atomic E-state index is 0.257. The summed E-state index contributed by atoms with van der Waals surface area (Å²) in [6, 6.07) is 8.12. The molecule has 0 radical (unpaired) electrons. The maximum absolute atomic E-state index is 12.6. The van der Waals surface area contributed by atoms with E-state index in [4.69, 9.17) is 18.9 Å². The van der Waals surface area contributed by atoms with E-state index in [2.05, 4.69) is 10.9 Å². The minimum atomic E-state index is -0.521. The van der Waals surface area contributed by atoms with Crippen molar-refractivity contribution in [3.8, 4) is 23.0 Å². The summed E-state index contributed by atoms with van der Waals surface area (Å²) in [7, 11) is 1.53. The summed E-state index contributed by atoms with van der Waals surface area (Å²) in [5.74, 6) is 0.821. The molecule has 2 rings (SSSR count). The summed E-state index contributed by atoms with van der Waals surface area (Å²) in [6.07, 6.45) is 0. The first-order valence-corrected chi connectivity index (χ1v) is 9.76. The van der Waals surface area contributed by atoms with Gasteiger partial charge in [0.15, 0.2) is 11.5 Å². The second-order valence-electron chi connectivity index (χ2n) is 6.19. The van der Waals surface area contributed by atoms with E-state index in [1.807, 2.05) is 27.7 Å². The molecule has 2 aromatic carbocycles. The number of aryl methyl sites for hydroxylation is 1. The van der Waals surface area contributed by atoms with Crippen molar-refractivity contribution in [2.75, 3.05) is 26.9 Å². The molecule has 0 aliphatic carbocycles. The zero-order valence-electron chi connectivity index (χ0n) is 18.0. The summed E-state index contributed by atoms with van der Waals surface area (Å²) >= 11 is 0. The summed E-state index contributed by atoms with van der Waals surface area (Å²) < 4.78 is 22.1. The third kappa shape index (κ3) is 5.56. The Morgan fingerprint density at radius 3 is 1.77 bits per heavy atom. The van der Waals surface area contributed by atoms with Crippen molar-refractivity contribution < 1.29 is 28.5 Å². The molecule has 0 heterocycles. The van der Waals surface area contributed by atoms with E-state index in [0.717, 1.165) is 5.56 Å². The Kier molecular flexibility index (Phi) is 8.34. The predicted molar refractivity (Wildman–Crippen MR) is 113 cm³/mol. The lowest BCUT2D eigenvalue weighted by Crippen LogP contribution is -2.41. The highest BCUT2D eigenvalue weighted by molar-refractivity contribution is 6.00. The first-order valence-electron chi connectivity index (χ1n) is 9.76. The molecule has 0 fully saturated rings. The monoisotopic (exact) mass is 416 g/mol. The van der Waals surface area contributed by atoms with Crippen LogP contribution in [0.5, 0.6) is 23.0 Å². The van der Waals surface area contributed by atoms with Crippen LogP contribution in [0, 0.1) is 6.92 Å². The molecule has 0 saturated carbocycles. The zero-order chi connectivity index (χ0) is 22.1. The van der Waals surface area contributed by atoms with E-state index in [1.54, 1.807) is 30.3 Å². The maximum atomic E-state index is 12.6. The number of hydrogen-bond donors (Lipinski definition) is 2. The quantitative estimate of drug-likeness (QED) is 0.609. The van der Waals surface area contributed by atoms with Gasteiger partial charge < -0.3 is 18.9 Å². The van der Waals surface area contributed by atoms with E-state index >= 15 is 0 Å². The molecule has 162 valence electrons. The Hall–Kier alpha value is -3.42. The molecule has 0 atom stereocenters. The van der Waals surface area contributed by atoms with Gasteiger partial charge in [0.05, 0.1) is 26.9 Å². The highest BCUT2D eigenvalue weighted by Crippen LogP contribution is 2.39. The van der Waals surface area contributed by atoms with Gasteiger partial charge in [0, 0.05) is 11.1 Å². The molecule has 0 spiro atoms. The number of nitrogens with one attached hydrogen (secondary N) is 2. The molecule has 0 aliphatic rings. The minimum Gasteiger partial charge on any atom is -0.496 e. The summed E-state index contributed by atoms with van der Waals surface area (Å²) in [5, 5.41) is 0. The molecule has 8 nitrogen and oxygen atoms in total. The fourth-order valence-electron chi connectivity index (χ4n) is 2.74. The SMILES string of the molecule is CCOc1cc(C(=O)NNC(=O)c2ccc(C)c(OC)c2)cc(OCC)c1OCC. The van der Waals surface area contributed by atoms with Gasteiger partial charge in [0.25, 0.3) is 11.8 Å². The highest BCUT2D eigenvalue weighted by Gasteiger charge is 2.19. The molecule has 8 heteroatoms. The third-order valence-electron chi connectivity index (χ3n) is 4.13. The van der Waals surface area contributed by atoms with Crippen LogP contribution in [0.4, 0.5) is 0 Å². The zero-order valence-corrected chi connectivity index (χ0v) is 18.0. The fraction of sp³-hybridized carbons (Fsp3) is 0.364. The summed E-state index contributed by atoms with van der Waals surface area (Å²) in [6.45, 7) is 8.59. The summed E-state index contributed by atoms with van der Waals surface area (Å²) in [5.41, 5.74) is 6.33. The average molecular weight is 416 g/mol. The topological polar surface area (TPSA) is 95.1 Å². The highest BCUT2D eigenvalue weighted by atomic mass is 16.5. The van der Waals surface area contributed by atoms with Gasteiger partial charge in [0.2, 0.25) is 5.75 Å². The van der Waals surface area contributed by atoms with Crippen molar-refractivity contribution in [1.29, 1.82) is 0 Å². The van der Waals surface area contributed by atoms with Gasteiger partial charge in [-0.3, -0.25) is 20.4 Å². The lowest BCUT2D eigenvalue weighted by Gasteiger charge is -2.17. The van der Waals surface area contributed by atoms with Crippen LogP contribution in [0.25, 0.3) is 0 Å². The first-order chi connectivity index (χ1) is 14.4. The normalized spacial score (nSPS) is 10.2. The lowest BCUT2D eigenvalue weighted by molar-refractivity contribution is 0.0846. The Balaban J connectivity index is 2.20. The number of methoxy groups -OCH3 is 1. The van der Waals surface area contributed by atoms with E-state index in [0.29, 0.717) is 48.4 Å². The van der Waals surface area contributed by atoms with E-state index < -0.39 is 11.8 Å². The number of amides is 2. The van der Waals surface area contributed by atoms with Crippen molar-refractivity contribution >= 4 is 11.8 Å². The molecular weight excluding hydrogens is 388 g/mol. The molecule has 30 heavy (non-hydrogen) atoms. The second-order valence-corrected chi connectivity index (χ2v) is 6.19. The Labute approximate surface area is 176 Å². The number of benzene rings is 2. The van der Waals surface area contributed by atoms with E-state index in [-0.39, 0.29) is 5.56 Å². The molecule has 2 amide bonds. The molecule has 0 aliphatic heterocycles. The molecule has 0 aromatic heterocycles. The van der Waals surface area contributed by atoms with E-state index in [9.17, 15) is 9.59 Å². The number of carbonyl (C=O) groups is 2. The van der Waals surface area contributed by atoms with Gasteiger partial charge in [-0.15, -0.1) is 0 Å². The average Bonchev–Trinajstić information content (AvgIpc) is 2.74. The molecule has 2 N–H and O–H groups in total. The van der Waals surface area contributed by atoms with Gasteiger partial charge >= 0.3 is 0 Å². The number of rotatable bonds is 9. The van der Waals surface area contributed by atoms with Gasteiger partial charge in [-0.05, 0) is 57.5 Å². The van der Waals surface area contributed by atoms with Crippen molar-refractivity contribution in [1.82, 2.24) is 10.9 Å². The Morgan fingerprint density at radius 1 is 0.767 bits per heavy atom. The smallest absolute Gasteiger partial charge is 0.269 e. The van der Waals surface area contributed by atoms with Gasteiger partial charge in [-0.1, -0.05) is 6.07 Å². The van der Waals surface area contributed by atoms with Crippen molar-refractivity contribution in [3.05, 3.63) is 47.0 Å². The number of hydrazine groups is 1. The predicted octanol–water partition coefficient (Wildman–Crippen LogP) is 3.27. The van der Waals surface area contributed by atoms with Crippen LogP contribution >= 0.6 is 0 Å². The molecule has 0 unspecified atom stereocenters. The maximum Gasteiger partial charge on any atom is 0.269 e. The Bertz CT molecular complexity index is 870. The van der Waals surface area contributed by atoms with Crippen LogP contribution in [-0.4, -0.2) is 38.7 Å². The first kappa shape index (κ1) is 22.9. The lowest BCUT2D eigenvalue weighted by atomic mass is 10.1. The second kappa shape index (κ2) is 10.9. The van der Waals surface area contributed by atoms with Gasteiger partial charge in [0.1, 0.15) is 5.75 Å². The number of ether oxygens (including phenoxy) is 4. The fourth-order valence-corrected chi connectivity index (χ4v) is 2.74. The summed E-state index contributed by atoms with van der Waals surface area (Å²) in [4.78, 5) is 25.0. The number of carbonyl (C=O) groups excluding carboxylic acids is 2. The van der Waals surface area contributed by atoms with Crippen molar-refractivity contribution in [2.24, 2.45) is 0 Å². The van der Waals surface area contributed by atoms with Crippen LogP contribution in [0.3, 0.4) is 0 Å². The standard InChI is InChI=1S/C22H28N2O6/c1-6-28-18-12-16(13-19(29-7-2)20(18)30-8-3)22(26)24-23-21(25)15-10-9-14(4)17(11-15)27-5/h9-13H,6-8H2,1-5H3,(H,23,25)(H,24,26).